The van der Waals surface area contributed by atoms with Crippen LogP contribution in [0.3, 0.4) is 0 Å². The lowest BCUT2D eigenvalue weighted by atomic mass is 10.0. The molecule has 7 aromatic carbocycles. The molecule has 0 N–H and O–H groups in total. The smallest absolute Gasteiger partial charge is 0.159 e. The van der Waals surface area contributed by atoms with Gasteiger partial charge >= 0.3 is 0 Å². The molecule has 0 atom stereocenters. The lowest BCUT2D eigenvalue weighted by Crippen LogP contribution is -1.97. The topological polar surface area (TPSA) is 35.6 Å². The van der Waals surface area contributed by atoms with Gasteiger partial charge in [-0.05, 0) is 71.3 Å². The van der Waals surface area contributed by atoms with E-state index in [2.05, 4.69) is 173 Å². The second-order valence-electron chi connectivity index (χ2n) is 13.5. The van der Waals surface area contributed by atoms with E-state index < -0.39 is 0 Å². The van der Waals surface area contributed by atoms with Gasteiger partial charge in [-0.2, -0.15) is 0 Å². The van der Waals surface area contributed by atoms with E-state index in [1.807, 2.05) is 6.20 Å². The molecule has 0 saturated carbocycles. The summed E-state index contributed by atoms with van der Waals surface area (Å²) in [4.78, 5) is 9.96. The molecule has 0 bridgehead atoms. The molecule has 51 heavy (non-hydrogen) atoms. The van der Waals surface area contributed by atoms with E-state index in [0.717, 1.165) is 29.2 Å². The van der Waals surface area contributed by atoms with Gasteiger partial charge in [-0.3, -0.25) is 0 Å². The summed E-state index contributed by atoms with van der Waals surface area (Å²) in [6, 6.07) is 59.0. The van der Waals surface area contributed by atoms with Crippen molar-refractivity contribution in [1.82, 2.24) is 19.1 Å². The predicted octanol–water partition coefficient (Wildman–Crippen LogP) is 11.6. The highest BCUT2D eigenvalue weighted by atomic mass is 15.0. The summed E-state index contributed by atoms with van der Waals surface area (Å²) in [6.45, 7) is 0. The maximum Gasteiger partial charge on any atom is 0.159 e. The molecule has 0 fully saturated rings. The van der Waals surface area contributed by atoms with E-state index in [1.54, 1.807) is 0 Å². The van der Waals surface area contributed by atoms with Crippen LogP contribution in [0.15, 0.2) is 170 Å². The van der Waals surface area contributed by atoms with Gasteiger partial charge in [-0.25, -0.2) is 9.97 Å². The van der Waals surface area contributed by atoms with Gasteiger partial charge in [0.05, 0.1) is 27.8 Å². The molecular formula is C47H30N4. The first kappa shape index (κ1) is 28.1. The molecule has 10 aromatic rings. The minimum atomic E-state index is 0.747. The number of hydrogen-bond acceptors (Lipinski definition) is 2. The first-order valence-electron chi connectivity index (χ1n) is 17.5. The monoisotopic (exact) mass is 650 g/mol. The molecule has 11 rings (SSSR count). The van der Waals surface area contributed by atoms with Crippen LogP contribution in [0.1, 0.15) is 11.1 Å². The molecule has 0 radical (unpaired) electrons. The maximum atomic E-state index is 5.11. The number of benzene rings is 7. The van der Waals surface area contributed by atoms with Crippen LogP contribution in [0.4, 0.5) is 0 Å². The van der Waals surface area contributed by atoms with E-state index in [9.17, 15) is 0 Å². The third-order valence-electron chi connectivity index (χ3n) is 10.6. The fourth-order valence-corrected chi connectivity index (χ4v) is 8.24. The summed E-state index contributed by atoms with van der Waals surface area (Å²) in [5, 5.41) is 4.96. The quantitative estimate of drug-likeness (QED) is 0.190. The van der Waals surface area contributed by atoms with Crippen molar-refractivity contribution >= 4 is 43.6 Å². The Hall–Kier alpha value is -6.78. The van der Waals surface area contributed by atoms with Gasteiger partial charge < -0.3 is 9.13 Å². The second kappa shape index (κ2) is 10.9. The van der Waals surface area contributed by atoms with Gasteiger partial charge in [0.1, 0.15) is 0 Å². The SMILES string of the molecule is c1ccc(-n2c3ccccc3c3cc(-c4ccc5c6ccccc6n(-c6cccc(-c7ncc8c(n7)-c7ccccc7C8)c6)c5c4)ccc32)cc1. The van der Waals surface area contributed by atoms with E-state index in [-0.39, 0.29) is 0 Å². The Labute approximate surface area is 294 Å². The molecule has 1 aliphatic carbocycles. The van der Waals surface area contributed by atoms with E-state index in [1.165, 1.54) is 77.1 Å². The number of aromatic nitrogens is 4. The van der Waals surface area contributed by atoms with E-state index in [4.69, 9.17) is 9.97 Å². The number of nitrogens with zero attached hydrogens (tertiary/aromatic N) is 4. The third-order valence-corrected chi connectivity index (χ3v) is 10.6. The third kappa shape index (κ3) is 4.26. The minimum Gasteiger partial charge on any atom is -0.309 e. The van der Waals surface area contributed by atoms with Crippen molar-refractivity contribution in [3.05, 3.63) is 181 Å². The summed E-state index contributed by atoms with van der Waals surface area (Å²) in [6.07, 6.45) is 2.89. The Bertz CT molecular complexity index is 3000. The highest BCUT2D eigenvalue weighted by Crippen LogP contribution is 2.39. The highest BCUT2D eigenvalue weighted by molar-refractivity contribution is 6.12. The first-order chi connectivity index (χ1) is 25.3. The Kier molecular flexibility index (Phi) is 5.98. The van der Waals surface area contributed by atoms with Crippen molar-refractivity contribution in [2.24, 2.45) is 0 Å². The average Bonchev–Trinajstić information content (AvgIpc) is 3.85. The Morgan fingerprint density at radius 2 is 1.06 bits per heavy atom. The normalized spacial score (nSPS) is 12.2. The molecule has 0 spiro atoms. The summed E-state index contributed by atoms with van der Waals surface area (Å²) in [7, 11) is 0. The van der Waals surface area contributed by atoms with Crippen LogP contribution in [-0.2, 0) is 6.42 Å². The average molecular weight is 651 g/mol. The van der Waals surface area contributed by atoms with Crippen molar-refractivity contribution in [3.63, 3.8) is 0 Å². The largest absolute Gasteiger partial charge is 0.309 e. The van der Waals surface area contributed by atoms with Crippen LogP contribution in [0.25, 0.3) is 88.8 Å². The molecule has 0 saturated heterocycles. The zero-order valence-electron chi connectivity index (χ0n) is 27.7. The molecule has 4 nitrogen and oxygen atoms in total. The summed E-state index contributed by atoms with van der Waals surface area (Å²) in [5.41, 5.74) is 15.1. The molecule has 1 aliphatic rings. The lowest BCUT2D eigenvalue weighted by Gasteiger charge is -2.11. The van der Waals surface area contributed by atoms with Gasteiger partial charge in [-0.1, -0.05) is 109 Å². The van der Waals surface area contributed by atoms with Gasteiger partial charge in [-0.15, -0.1) is 0 Å². The van der Waals surface area contributed by atoms with Crippen LogP contribution in [0, 0.1) is 0 Å². The molecule has 0 aliphatic heterocycles. The molecule has 238 valence electrons. The number of rotatable bonds is 4. The lowest BCUT2D eigenvalue weighted by molar-refractivity contribution is 1.12. The fourth-order valence-electron chi connectivity index (χ4n) is 8.24. The number of hydrogen-bond donors (Lipinski definition) is 0. The van der Waals surface area contributed by atoms with Crippen molar-refractivity contribution in [2.45, 2.75) is 6.42 Å². The standard InChI is InChI=1S/C47H30N4/c1-2-13-35(14-3-1)50-43-20-9-7-18-39(43)41-27-30(22-24-44(41)50)31-21-23-40-38-17-6-8-19-42(38)51(45(40)28-31)36-15-10-12-33(26-36)47-48-29-34-25-32-11-4-5-16-37(32)46(34)49-47/h1-24,26-29H,25H2. The molecule has 3 aromatic heterocycles. The number of fused-ring (bicyclic) bond motifs is 9. The maximum absolute atomic E-state index is 5.11. The summed E-state index contributed by atoms with van der Waals surface area (Å²) >= 11 is 0. The summed E-state index contributed by atoms with van der Waals surface area (Å²) < 4.78 is 4.76. The van der Waals surface area contributed by atoms with Crippen LogP contribution in [0.2, 0.25) is 0 Å². The molecule has 4 heteroatoms. The fraction of sp³-hybridized carbons (Fsp3) is 0.0213. The van der Waals surface area contributed by atoms with Crippen molar-refractivity contribution < 1.29 is 0 Å². The Morgan fingerprint density at radius 3 is 1.92 bits per heavy atom. The van der Waals surface area contributed by atoms with E-state index in [0.29, 0.717) is 0 Å². The Morgan fingerprint density at radius 1 is 0.412 bits per heavy atom. The van der Waals surface area contributed by atoms with Gasteiger partial charge in [0.15, 0.2) is 5.82 Å². The van der Waals surface area contributed by atoms with Gasteiger partial charge in [0.25, 0.3) is 0 Å². The van der Waals surface area contributed by atoms with Gasteiger partial charge in [0, 0.05) is 62.2 Å². The van der Waals surface area contributed by atoms with Crippen LogP contribution < -0.4 is 0 Å². The van der Waals surface area contributed by atoms with Gasteiger partial charge in [0.2, 0.25) is 0 Å². The second-order valence-corrected chi connectivity index (χ2v) is 13.5. The first-order valence-corrected chi connectivity index (χ1v) is 17.5. The zero-order valence-corrected chi connectivity index (χ0v) is 27.7. The van der Waals surface area contributed by atoms with Crippen LogP contribution in [0.5, 0.6) is 0 Å². The van der Waals surface area contributed by atoms with Crippen LogP contribution in [-0.4, -0.2) is 19.1 Å². The highest BCUT2D eigenvalue weighted by Gasteiger charge is 2.21. The molecule has 0 unspecified atom stereocenters. The van der Waals surface area contributed by atoms with E-state index >= 15 is 0 Å². The zero-order chi connectivity index (χ0) is 33.5. The van der Waals surface area contributed by atoms with Crippen LogP contribution >= 0.6 is 0 Å². The molecule has 3 heterocycles. The number of para-hydroxylation sites is 3. The molecule has 0 amide bonds. The minimum absolute atomic E-state index is 0.747. The Balaban J connectivity index is 1.07. The van der Waals surface area contributed by atoms with Crippen molar-refractivity contribution in [3.8, 4) is 45.1 Å². The summed E-state index contributed by atoms with van der Waals surface area (Å²) in [5.74, 6) is 0.747. The van der Waals surface area contributed by atoms with Crippen molar-refractivity contribution in [2.75, 3.05) is 0 Å². The molecular weight excluding hydrogens is 621 g/mol. The van der Waals surface area contributed by atoms with Crippen molar-refractivity contribution in [1.29, 1.82) is 0 Å². The predicted molar refractivity (Wildman–Crippen MR) is 210 cm³/mol.